The third-order valence-corrected chi connectivity index (χ3v) is 8.31. The zero-order chi connectivity index (χ0) is 35.5. The van der Waals surface area contributed by atoms with E-state index < -0.39 is 11.7 Å². The van der Waals surface area contributed by atoms with E-state index in [1.807, 2.05) is 113 Å². The number of anilines is 8. The van der Waals surface area contributed by atoms with Crippen molar-refractivity contribution >= 4 is 46.0 Å². The van der Waals surface area contributed by atoms with E-state index in [9.17, 15) is 13.2 Å². The Balaban J connectivity index is 0.000000173. The molecule has 7 aromatic rings. The van der Waals surface area contributed by atoms with Crippen molar-refractivity contribution in [2.45, 2.75) is 6.18 Å². The van der Waals surface area contributed by atoms with E-state index in [1.54, 1.807) is 54.0 Å². The number of hydrogen-bond donors (Lipinski definition) is 0. The number of aromatic nitrogens is 4. The van der Waals surface area contributed by atoms with Crippen molar-refractivity contribution in [2.75, 3.05) is 19.6 Å². The average molecular weight is 881 g/mol. The Morgan fingerprint density at radius 1 is 0.491 bits per heavy atom. The first kappa shape index (κ1) is 35.3. The van der Waals surface area contributed by atoms with Gasteiger partial charge in [0.2, 0.25) is 0 Å². The van der Waals surface area contributed by atoms with Crippen molar-refractivity contribution in [3.8, 4) is 11.1 Å². The molecule has 0 saturated heterocycles. The topological polar surface area (TPSA) is 64.5 Å². The first-order valence-corrected chi connectivity index (χ1v) is 16.2. The minimum atomic E-state index is -4.45. The maximum Gasteiger partial charge on any atom is 0.416 e. The summed E-state index contributed by atoms with van der Waals surface area (Å²) < 4.78 is 40.6. The van der Waals surface area contributed by atoms with Gasteiger partial charge in [-0.25, -0.2) is 19.9 Å². The summed E-state index contributed by atoms with van der Waals surface area (Å²) in [5.74, 6) is 2.83. The van der Waals surface area contributed by atoms with Gasteiger partial charge in [0, 0.05) is 56.3 Å². The molecule has 0 bridgehead atoms. The van der Waals surface area contributed by atoms with Gasteiger partial charge in [0.15, 0.2) is 0 Å². The molecule has 2 aromatic heterocycles. The maximum atomic E-state index is 13.5. The Bertz CT molecular complexity index is 2230. The number of fused-ring (bicyclic) bond motifs is 2. The molecule has 9 rings (SSSR count). The molecule has 0 fully saturated rings. The SMILES string of the molecule is FC(F)(F)c1ccccc1-c1cc[c-]c(N2[CH-]N(c3ccccc3)c3nccnc32)c1.[Ir].[c-]1ccccc1N1[CH-]N(c2ccccc2)c2nccnc21. The fourth-order valence-corrected chi connectivity index (χ4v) is 5.96. The second-order valence-electron chi connectivity index (χ2n) is 11.5. The second-order valence-corrected chi connectivity index (χ2v) is 11.5. The van der Waals surface area contributed by atoms with Crippen LogP contribution in [0.15, 0.2) is 152 Å². The standard InChI is InChI=1S/C24H15F3N4.C17H12N4.Ir/c25-24(26,27)21-12-5-4-11-20(21)17-7-6-10-19(15-17)31-16-30(18-8-2-1-3-9-18)22-23(31)29-14-13-28-22;1-3-7-14(8-4-1)20-13-21(15-9-5-2-6-10-15)17-16(20)18-11-12-19-17;/h1-9,11-16H;1-9,11-13H;/q2*-2;. The third-order valence-electron chi connectivity index (χ3n) is 8.31. The van der Waals surface area contributed by atoms with Crippen LogP contribution in [0.5, 0.6) is 0 Å². The zero-order valence-corrected chi connectivity index (χ0v) is 30.0. The summed E-state index contributed by atoms with van der Waals surface area (Å²) in [6, 6.07) is 44.4. The van der Waals surface area contributed by atoms with Gasteiger partial charge >= 0.3 is 6.18 Å². The van der Waals surface area contributed by atoms with Crippen molar-refractivity contribution in [1.82, 2.24) is 19.9 Å². The van der Waals surface area contributed by atoms with Crippen LogP contribution in [0.2, 0.25) is 0 Å². The largest absolute Gasteiger partial charge is 0.477 e. The minimum absolute atomic E-state index is 0. The van der Waals surface area contributed by atoms with E-state index in [1.165, 1.54) is 12.1 Å². The smallest absolute Gasteiger partial charge is 0.416 e. The fourth-order valence-electron chi connectivity index (χ4n) is 5.96. The number of benzene rings is 5. The average Bonchev–Trinajstić information content (AvgIpc) is 3.79. The molecular formula is C41H27F3IrN8-4. The van der Waals surface area contributed by atoms with Gasteiger partial charge in [-0.2, -0.15) is 61.7 Å². The molecule has 4 heterocycles. The Labute approximate surface area is 318 Å². The van der Waals surface area contributed by atoms with Crippen LogP contribution in [0.1, 0.15) is 5.56 Å². The molecular weight excluding hydrogens is 854 g/mol. The second kappa shape index (κ2) is 15.2. The number of hydrogen-bond acceptors (Lipinski definition) is 8. The predicted molar refractivity (Wildman–Crippen MR) is 195 cm³/mol. The van der Waals surface area contributed by atoms with Gasteiger partial charge < -0.3 is 19.6 Å². The van der Waals surface area contributed by atoms with Crippen molar-refractivity contribution in [2.24, 2.45) is 0 Å². The van der Waals surface area contributed by atoms with Crippen molar-refractivity contribution in [3.63, 3.8) is 0 Å². The van der Waals surface area contributed by atoms with Gasteiger partial charge in [-0.05, 0) is 35.9 Å². The molecule has 0 amide bonds. The maximum absolute atomic E-state index is 13.5. The van der Waals surface area contributed by atoms with Crippen LogP contribution in [0, 0.1) is 25.5 Å². The molecule has 0 unspecified atom stereocenters. The summed E-state index contributed by atoms with van der Waals surface area (Å²) >= 11 is 0. The quantitative estimate of drug-likeness (QED) is 0.159. The summed E-state index contributed by atoms with van der Waals surface area (Å²) in [6.45, 7) is 3.80. The Hall–Kier alpha value is -6.10. The molecule has 8 nitrogen and oxygen atoms in total. The third kappa shape index (κ3) is 7.19. The van der Waals surface area contributed by atoms with Crippen LogP contribution >= 0.6 is 0 Å². The van der Waals surface area contributed by atoms with Crippen LogP contribution < -0.4 is 19.6 Å². The number of halogens is 3. The molecule has 0 aliphatic carbocycles. The molecule has 0 atom stereocenters. The summed E-state index contributed by atoms with van der Waals surface area (Å²) in [5.41, 5.74) is 3.33. The van der Waals surface area contributed by atoms with E-state index in [4.69, 9.17) is 0 Å². The van der Waals surface area contributed by atoms with E-state index in [0.717, 1.165) is 34.8 Å². The number of alkyl halides is 3. The molecule has 0 spiro atoms. The van der Waals surface area contributed by atoms with Gasteiger partial charge in [-0.15, -0.1) is 36.3 Å². The van der Waals surface area contributed by atoms with Gasteiger partial charge in [0.05, 0.1) is 5.56 Å². The normalized spacial score (nSPS) is 13.1. The number of rotatable bonds is 5. The molecule has 5 aromatic carbocycles. The first-order valence-electron chi connectivity index (χ1n) is 16.2. The van der Waals surface area contributed by atoms with Gasteiger partial charge in [0.25, 0.3) is 0 Å². The summed E-state index contributed by atoms with van der Waals surface area (Å²) in [4.78, 5) is 25.5. The Morgan fingerprint density at radius 3 is 1.49 bits per heavy atom. The number of para-hydroxylation sites is 3. The summed E-state index contributed by atoms with van der Waals surface area (Å²) in [6.07, 6.45) is 2.15. The van der Waals surface area contributed by atoms with Gasteiger partial charge in [0.1, 0.15) is 23.3 Å². The molecule has 0 saturated carbocycles. The molecule has 53 heavy (non-hydrogen) atoms. The van der Waals surface area contributed by atoms with Crippen LogP contribution in [0.25, 0.3) is 11.1 Å². The van der Waals surface area contributed by atoms with Gasteiger partial charge in [-0.3, -0.25) is 0 Å². The summed E-state index contributed by atoms with van der Waals surface area (Å²) in [7, 11) is 0. The van der Waals surface area contributed by atoms with Crippen LogP contribution in [-0.2, 0) is 26.3 Å². The van der Waals surface area contributed by atoms with E-state index >= 15 is 0 Å². The Kier molecular flexibility index (Phi) is 10.2. The fraction of sp³-hybridized carbons (Fsp3) is 0.0244. The summed E-state index contributed by atoms with van der Waals surface area (Å²) in [5, 5.41) is 0. The monoisotopic (exact) mass is 881 g/mol. The van der Waals surface area contributed by atoms with E-state index in [-0.39, 0.29) is 25.7 Å². The van der Waals surface area contributed by atoms with Crippen LogP contribution in [0.4, 0.5) is 59.2 Å². The predicted octanol–water partition coefficient (Wildman–Crippen LogP) is 10.1. The van der Waals surface area contributed by atoms with Crippen LogP contribution in [0.3, 0.4) is 0 Å². The zero-order valence-electron chi connectivity index (χ0n) is 27.6. The minimum Gasteiger partial charge on any atom is -0.477 e. The van der Waals surface area contributed by atoms with E-state index in [0.29, 0.717) is 22.9 Å². The Morgan fingerprint density at radius 2 is 0.962 bits per heavy atom. The molecule has 265 valence electrons. The molecule has 2 aliphatic heterocycles. The molecule has 1 radical (unpaired) electrons. The van der Waals surface area contributed by atoms with Crippen molar-refractivity contribution in [1.29, 1.82) is 0 Å². The van der Waals surface area contributed by atoms with E-state index in [2.05, 4.69) is 32.1 Å². The number of nitrogens with zero attached hydrogens (tertiary/aromatic N) is 8. The first-order chi connectivity index (χ1) is 25.5. The van der Waals surface area contributed by atoms with Crippen molar-refractivity contribution in [3.05, 3.63) is 183 Å². The molecule has 12 heteroatoms. The molecule has 2 aliphatic rings. The molecule has 0 N–H and O–H groups in total. The van der Waals surface area contributed by atoms with Gasteiger partial charge in [-0.1, -0.05) is 54.6 Å². The van der Waals surface area contributed by atoms with Crippen LogP contribution in [-0.4, -0.2) is 19.9 Å². The van der Waals surface area contributed by atoms with Crippen molar-refractivity contribution < 1.29 is 33.3 Å².